The Morgan fingerprint density at radius 3 is 2.80 bits per heavy atom. The van der Waals surface area contributed by atoms with Crippen LogP contribution in [0.2, 0.25) is 0 Å². The van der Waals surface area contributed by atoms with Crippen LogP contribution in [0.3, 0.4) is 0 Å². The number of carbonyl (C=O) groups is 1. The smallest absolute Gasteiger partial charge is 0.315 e. The molecular weight excluding hydrogens is 270 g/mol. The van der Waals surface area contributed by atoms with Crippen LogP contribution in [0.15, 0.2) is 35.8 Å². The molecule has 2 N–H and O–H groups in total. The molecule has 2 heterocycles. The van der Waals surface area contributed by atoms with E-state index in [2.05, 4.69) is 15.6 Å². The second-order valence-electron chi connectivity index (χ2n) is 5.58. The topological polar surface area (TPSA) is 54.0 Å². The first-order valence-electron chi connectivity index (χ1n) is 6.49. The van der Waals surface area contributed by atoms with Gasteiger partial charge in [-0.3, -0.25) is 4.98 Å². The number of nitrogens with one attached hydrogen (secondary N) is 2. The Hall–Kier alpha value is -1.88. The fourth-order valence-corrected chi connectivity index (χ4v) is 2.40. The van der Waals surface area contributed by atoms with Gasteiger partial charge in [-0.15, -0.1) is 11.3 Å². The van der Waals surface area contributed by atoms with E-state index in [1.807, 2.05) is 50.4 Å². The van der Waals surface area contributed by atoms with Crippen molar-refractivity contribution in [2.45, 2.75) is 32.9 Å². The Balaban J connectivity index is 1.97. The summed E-state index contributed by atoms with van der Waals surface area (Å²) in [5, 5.41) is 7.75. The van der Waals surface area contributed by atoms with Crippen LogP contribution in [-0.2, 0) is 6.54 Å². The highest BCUT2D eigenvalue weighted by Gasteiger charge is 2.13. The molecule has 2 amide bonds. The fourth-order valence-electron chi connectivity index (χ4n) is 1.71. The van der Waals surface area contributed by atoms with E-state index < -0.39 is 0 Å². The van der Waals surface area contributed by atoms with Crippen molar-refractivity contribution in [1.29, 1.82) is 0 Å². The SMILES string of the molecule is CC(C)(C)NC(=O)NCc1ccnc(-c2cccs2)c1. The highest BCUT2D eigenvalue weighted by Crippen LogP contribution is 2.22. The summed E-state index contributed by atoms with van der Waals surface area (Å²) in [5.41, 5.74) is 1.74. The molecule has 0 fully saturated rings. The first kappa shape index (κ1) is 14.5. The summed E-state index contributed by atoms with van der Waals surface area (Å²) >= 11 is 1.65. The van der Waals surface area contributed by atoms with Crippen molar-refractivity contribution in [3.63, 3.8) is 0 Å². The van der Waals surface area contributed by atoms with Crippen LogP contribution in [0.25, 0.3) is 10.6 Å². The van der Waals surface area contributed by atoms with Gasteiger partial charge in [0.05, 0.1) is 10.6 Å². The largest absolute Gasteiger partial charge is 0.334 e. The number of urea groups is 1. The molecule has 20 heavy (non-hydrogen) atoms. The summed E-state index contributed by atoms with van der Waals surface area (Å²) in [6.07, 6.45) is 1.77. The predicted molar refractivity (Wildman–Crippen MR) is 82.7 cm³/mol. The zero-order chi connectivity index (χ0) is 14.6. The number of aromatic nitrogens is 1. The zero-order valence-corrected chi connectivity index (χ0v) is 12.8. The maximum absolute atomic E-state index is 11.7. The van der Waals surface area contributed by atoms with Crippen molar-refractivity contribution in [3.05, 3.63) is 41.4 Å². The minimum atomic E-state index is -0.232. The monoisotopic (exact) mass is 289 g/mol. The van der Waals surface area contributed by atoms with Gasteiger partial charge in [0, 0.05) is 18.3 Å². The molecule has 106 valence electrons. The number of hydrogen-bond donors (Lipinski definition) is 2. The average molecular weight is 289 g/mol. The van der Waals surface area contributed by atoms with Gasteiger partial charge in [0.2, 0.25) is 0 Å². The molecule has 0 saturated carbocycles. The summed E-state index contributed by atoms with van der Waals surface area (Å²) in [7, 11) is 0. The highest BCUT2D eigenvalue weighted by molar-refractivity contribution is 7.13. The second-order valence-corrected chi connectivity index (χ2v) is 6.53. The molecular formula is C15H19N3OS. The molecule has 0 atom stereocenters. The standard InChI is InChI=1S/C15H19N3OS/c1-15(2,3)18-14(19)17-10-11-6-7-16-12(9-11)13-5-4-8-20-13/h4-9H,10H2,1-3H3,(H2,17,18,19). The number of nitrogens with zero attached hydrogens (tertiary/aromatic N) is 1. The van der Waals surface area contributed by atoms with Crippen molar-refractivity contribution < 1.29 is 4.79 Å². The number of thiophene rings is 1. The molecule has 0 aromatic carbocycles. The molecule has 4 nitrogen and oxygen atoms in total. The maximum Gasteiger partial charge on any atom is 0.315 e. The molecule has 5 heteroatoms. The van der Waals surface area contributed by atoms with Gasteiger partial charge in [-0.2, -0.15) is 0 Å². The summed E-state index contributed by atoms with van der Waals surface area (Å²) in [6, 6.07) is 7.80. The fraction of sp³-hybridized carbons (Fsp3) is 0.333. The maximum atomic E-state index is 11.7. The third-order valence-corrected chi connectivity index (χ3v) is 3.43. The summed E-state index contributed by atoms with van der Waals surface area (Å²) in [4.78, 5) is 17.2. The van der Waals surface area contributed by atoms with Gasteiger partial charge in [0.1, 0.15) is 0 Å². The summed E-state index contributed by atoms with van der Waals surface area (Å²) < 4.78 is 0. The average Bonchev–Trinajstić information content (AvgIpc) is 2.88. The first-order chi connectivity index (χ1) is 9.44. The quantitative estimate of drug-likeness (QED) is 0.909. The number of carbonyl (C=O) groups excluding carboxylic acids is 1. The molecule has 0 bridgehead atoms. The van der Waals surface area contributed by atoms with Gasteiger partial charge in [0.25, 0.3) is 0 Å². The van der Waals surface area contributed by atoms with Crippen LogP contribution >= 0.6 is 11.3 Å². The van der Waals surface area contributed by atoms with E-state index in [4.69, 9.17) is 0 Å². The molecule has 0 unspecified atom stereocenters. The van der Waals surface area contributed by atoms with E-state index >= 15 is 0 Å². The van der Waals surface area contributed by atoms with Gasteiger partial charge in [-0.05, 0) is 49.9 Å². The Morgan fingerprint density at radius 1 is 1.35 bits per heavy atom. The Morgan fingerprint density at radius 2 is 2.15 bits per heavy atom. The molecule has 0 radical (unpaired) electrons. The minimum absolute atomic E-state index is 0.160. The van der Waals surface area contributed by atoms with Crippen LogP contribution in [0.5, 0.6) is 0 Å². The van der Waals surface area contributed by atoms with E-state index in [-0.39, 0.29) is 11.6 Å². The second kappa shape index (κ2) is 6.05. The van der Waals surface area contributed by atoms with Gasteiger partial charge >= 0.3 is 6.03 Å². The van der Waals surface area contributed by atoms with Crippen LogP contribution in [-0.4, -0.2) is 16.6 Å². The van der Waals surface area contributed by atoms with Gasteiger partial charge in [0.15, 0.2) is 0 Å². The van der Waals surface area contributed by atoms with Crippen molar-refractivity contribution in [2.75, 3.05) is 0 Å². The highest BCUT2D eigenvalue weighted by atomic mass is 32.1. The van der Waals surface area contributed by atoms with Gasteiger partial charge in [-0.25, -0.2) is 4.79 Å². The molecule has 0 saturated heterocycles. The first-order valence-corrected chi connectivity index (χ1v) is 7.37. The van der Waals surface area contributed by atoms with Crippen molar-refractivity contribution >= 4 is 17.4 Å². The molecule has 0 spiro atoms. The third-order valence-electron chi connectivity index (χ3n) is 2.54. The molecule has 0 aliphatic rings. The molecule has 0 aliphatic heterocycles. The zero-order valence-electron chi connectivity index (χ0n) is 11.9. The Labute approximate surface area is 123 Å². The predicted octanol–water partition coefficient (Wildman–Crippen LogP) is 3.41. The van der Waals surface area contributed by atoms with Crippen LogP contribution in [0.1, 0.15) is 26.3 Å². The number of rotatable bonds is 3. The Kier molecular flexibility index (Phi) is 4.39. The molecule has 2 aromatic heterocycles. The number of amides is 2. The normalized spacial score (nSPS) is 11.2. The lowest BCUT2D eigenvalue weighted by molar-refractivity contribution is 0.231. The van der Waals surface area contributed by atoms with Crippen molar-refractivity contribution in [1.82, 2.24) is 15.6 Å². The lowest BCUT2D eigenvalue weighted by atomic mass is 10.1. The number of hydrogen-bond acceptors (Lipinski definition) is 3. The lowest BCUT2D eigenvalue weighted by Gasteiger charge is -2.20. The van der Waals surface area contributed by atoms with Crippen LogP contribution < -0.4 is 10.6 Å². The van der Waals surface area contributed by atoms with Gasteiger partial charge in [-0.1, -0.05) is 6.07 Å². The van der Waals surface area contributed by atoms with Crippen LogP contribution in [0.4, 0.5) is 4.79 Å². The van der Waals surface area contributed by atoms with E-state index in [1.165, 1.54) is 0 Å². The van der Waals surface area contributed by atoms with E-state index in [9.17, 15) is 4.79 Å². The van der Waals surface area contributed by atoms with Gasteiger partial charge < -0.3 is 10.6 Å². The van der Waals surface area contributed by atoms with Crippen LogP contribution in [0, 0.1) is 0 Å². The molecule has 2 aromatic rings. The summed E-state index contributed by atoms with van der Waals surface area (Å²) in [6.45, 7) is 6.35. The molecule has 0 aliphatic carbocycles. The minimum Gasteiger partial charge on any atom is -0.334 e. The van der Waals surface area contributed by atoms with E-state index in [0.29, 0.717) is 6.54 Å². The lowest BCUT2D eigenvalue weighted by Crippen LogP contribution is -2.46. The Bertz CT molecular complexity index is 573. The van der Waals surface area contributed by atoms with E-state index in [1.54, 1.807) is 17.5 Å². The number of pyridine rings is 1. The van der Waals surface area contributed by atoms with Crippen molar-refractivity contribution in [3.8, 4) is 10.6 Å². The van der Waals surface area contributed by atoms with E-state index in [0.717, 1.165) is 16.1 Å². The summed E-state index contributed by atoms with van der Waals surface area (Å²) in [5.74, 6) is 0. The third kappa shape index (κ3) is 4.35. The molecule has 2 rings (SSSR count). The van der Waals surface area contributed by atoms with Crippen molar-refractivity contribution in [2.24, 2.45) is 0 Å².